The van der Waals surface area contributed by atoms with E-state index < -0.39 is 0 Å². The molecule has 0 bridgehead atoms. The zero-order valence-electron chi connectivity index (χ0n) is 11.7. The first-order chi connectivity index (χ1) is 10.2. The molecule has 0 aliphatic heterocycles. The van der Waals surface area contributed by atoms with Gasteiger partial charge in [-0.05, 0) is 19.9 Å². The Morgan fingerprint density at radius 3 is 2.76 bits per heavy atom. The summed E-state index contributed by atoms with van der Waals surface area (Å²) in [5.41, 5.74) is 1.65. The van der Waals surface area contributed by atoms with Crippen molar-refractivity contribution in [3.63, 3.8) is 0 Å². The summed E-state index contributed by atoms with van der Waals surface area (Å²) in [6.07, 6.45) is 2.50. The van der Waals surface area contributed by atoms with Gasteiger partial charge in [0.25, 0.3) is 5.89 Å². The Morgan fingerprint density at radius 1 is 1.19 bits per heavy atom. The lowest BCUT2D eigenvalue weighted by molar-refractivity contribution is 0.466. The summed E-state index contributed by atoms with van der Waals surface area (Å²) in [6.45, 7) is 4.11. The van der Waals surface area contributed by atoms with Crippen molar-refractivity contribution < 1.29 is 8.83 Å². The Balaban J connectivity index is 1.77. The molecule has 0 saturated heterocycles. The molecule has 3 aromatic heterocycles. The lowest BCUT2D eigenvalue weighted by Crippen LogP contribution is -2.00. The molecule has 0 atom stereocenters. The summed E-state index contributed by atoms with van der Waals surface area (Å²) >= 11 is 5.67. The van der Waals surface area contributed by atoms with E-state index in [1.165, 1.54) is 0 Å². The molecule has 0 radical (unpaired) electrons. The smallest absolute Gasteiger partial charge is 0.251 e. The van der Waals surface area contributed by atoms with Crippen LogP contribution in [0.4, 0.5) is 0 Å². The Hall–Kier alpha value is -2.15. The minimum atomic E-state index is 0.373. The zero-order valence-corrected chi connectivity index (χ0v) is 12.5. The number of nitrogens with zero attached hydrogens (tertiary/aromatic N) is 5. The number of halogens is 1. The fraction of sp³-hybridized carbons (Fsp3) is 0.385. The lowest BCUT2D eigenvalue weighted by atomic mass is 10.2. The first kappa shape index (κ1) is 13.8. The van der Waals surface area contributed by atoms with Gasteiger partial charge in [-0.15, -0.1) is 26.9 Å². The van der Waals surface area contributed by atoms with E-state index in [0.717, 1.165) is 22.8 Å². The molecule has 3 aromatic rings. The van der Waals surface area contributed by atoms with Crippen LogP contribution in [0.25, 0.3) is 11.5 Å². The highest BCUT2D eigenvalue weighted by Gasteiger charge is 2.15. The molecule has 0 saturated carbocycles. The van der Waals surface area contributed by atoms with Gasteiger partial charge >= 0.3 is 0 Å². The summed E-state index contributed by atoms with van der Waals surface area (Å²) in [5.74, 6) is 2.99. The van der Waals surface area contributed by atoms with Gasteiger partial charge in [-0.25, -0.2) is 4.68 Å². The molecule has 0 unspecified atom stereocenters. The van der Waals surface area contributed by atoms with Gasteiger partial charge in [-0.2, -0.15) is 0 Å². The van der Waals surface area contributed by atoms with Crippen molar-refractivity contribution in [2.45, 2.75) is 26.8 Å². The first-order valence-electron chi connectivity index (χ1n) is 6.50. The van der Waals surface area contributed by atoms with E-state index in [0.29, 0.717) is 30.6 Å². The van der Waals surface area contributed by atoms with Crippen LogP contribution >= 0.6 is 11.6 Å². The molecular weight excluding hydrogens is 294 g/mol. The minimum Gasteiger partial charge on any atom is -0.466 e. The molecule has 0 spiro atoms. The fourth-order valence-corrected chi connectivity index (χ4v) is 2.23. The normalized spacial score (nSPS) is 11.2. The van der Waals surface area contributed by atoms with Gasteiger partial charge in [0.2, 0.25) is 5.89 Å². The molecule has 0 aliphatic carbocycles. The van der Waals surface area contributed by atoms with Gasteiger partial charge < -0.3 is 8.83 Å². The summed E-state index contributed by atoms with van der Waals surface area (Å²) in [6, 6.07) is 1.88. The van der Waals surface area contributed by atoms with Crippen LogP contribution in [0.5, 0.6) is 0 Å². The van der Waals surface area contributed by atoms with Crippen LogP contribution in [0, 0.1) is 13.8 Å². The number of rotatable bonds is 5. The number of aromatic nitrogens is 5. The van der Waals surface area contributed by atoms with Gasteiger partial charge in [0.05, 0.1) is 11.3 Å². The van der Waals surface area contributed by atoms with E-state index in [-0.39, 0.29) is 0 Å². The third kappa shape index (κ3) is 2.97. The second kappa shape index (κ2) is 5.69. The van der Waals surface area contributed by atoms with E-state index in [1.54, 1.807) is 4.68 Å². The number of hydrogen-bond acceptors (Lipinski definition) is 6. The largest absolute Gasteiger partial charge is 0.466 e. The van der Waals surface area contributed by atoms with Crippen molar-refractivity contribution in [2.75, 3.05) is 5.88 Å². The molecule has 110 valence electrons. The first-order valence-corrected chi connectivity index (χ1v) is 7.04. The molecule has 0 aliphatic rings. The quantitative estimate of drug-likeness (QED) is 0.673. The van der Waals surface area contributed by atoms with Crippen LogP contribution < -0.4 is 0 Å². The highest BCUT2D eigenvalue weighted by Crippen LogP contribution is 2.25. The van der Waals surface area contributed by atoms with Crippen LogP contribution in [0.3, 0.4) is 0 Å². The average molecular weight is 308 g/mol. The maximum absolute atomic E-state index is 5.67. The van der Waals surface area contributed by atoms with E-state index in [4.69, 9.17) is 20.4 Å². The summed E-state index contributed by atoms with van der Waals surface area (Å²) < 4.78 is 12.7. The Kier molecular flexibility index (Phi) is 3.74. The van der Waals surface area contributed by atoms with E-state index >= 15 is 0 Å². The maximum atomic E-state index is 5.67. The van der Waals surface area contributed by atoms with Crippen LogP contribution in [-0.2, 0) is 13.0 Å². The van der Waals surface area contributed by atoms with Crippen LogP contribution in [-0.4, -0.2) is 31.1 Å². The predicted octanol–water partition coefficient (Wildman–Crippen LogP) is 2.37. The minimum absolute atomic E-state index is 0.373. The molecule has 3 heterocycles. The molecule has 7 nitrogen and oxygen atoms in total. The topological polar surface area (TPSA) is 82.8 Å². The molecule has 0 aromatic carbocycles. The second-order valence-electron chi connectivity index (χ2n) is 4.67. The molecule has 0 fully saturated rings. The Morgan fingerprint density at radius 2 is 2.05 bits per heavy atom. The molecule has 8 heteroatoms. The van der Waals surface area contributed by atoms with Crippen LogP contribution in [0.15, 0.2) is 21.1 Å². The number of alkyl halides is 1. The van der Waals surface area contributed by atoms with Gasteiger partial charge in [0.1, 0.15) is 18.1 Å². The van der Waals surface area contributed by atoms with Gasteiger partial charge in [-0.3, -0.25) is 0 Å². The van der Waals surface area contributed by atoms with Gasteiger partial charge in [0, 0.05) is 18.5 Å². The fourth-order valence-electron chi connectivity index (χ4n) is 2.04. The number of hydrogen-bond donors (Lipinski definition) is 0. The van der Waals surface area contributed by atoms with Crippen molar-refractivity contribution in [1.29, 1.82) is 0 Å². The number of aryl methyl sites for hydroxylation is 3. The van der Waals surface area contributed by atoms with E-state index in [9.17, 15) is 0 Å². The van der Waals surface area contributed by atoms with E-state index in [1.807, 2.05) is 26.1 Å². The summed E-state index contributed by atoms with van der Waals surface area (Å²) in [7, 11) is 0. The summed E-state index contributed by atoms with van der Waals surface area (Å²) in [5, 5.41) is 16.1. The van der Waals surface area contributed by atoms with Gasteiger partial charge in [0.15, 0.2) is 0 Å². The highest BCUT2D eigenvalue weighted by atomic mass is 35.5. The highest BCUT2D eigenvalue weighted by molar-refractivity contribution is 6.17. The lowest BCUT2D eigenvalue weighted by Gasteiger charge is -1.93. The Labute approximate surface area is 125 Å². The molecule has 3 rings (SSSR count). The predicted molar refractivity (Wildman–Crippen MR) is 75.0 cm³/mol. The van der Waals surface area contributed by atoms with Crippen molar-refractivity contribution in [3.05, 3.63) is 35.4 Å². The monoisotopic (exact) mass is 307 g/mol. The van der Waals surface area contributed by atoms with Crippen molar-refractivity contribution in [1.82, 2.24) is 25.2 Å². The standard InChI is InChI=1S/C13H14ClN5O2/c1-8-5-11(9(2)20-8)13-17-16-12(21-13)7-19-6-10(3-4-14)15-18-19/h5-6H,3-4,7H2,1-2H3. The Bertz CT molecular complexity index is 745. The van der Waals surface area contributed by atoms with Crippen LogP contribution in [0.2, 0.25) is 0 Å². The molecule has 0 N–H and O–H groups in total. The molecule has 21 heavy (non-hydrogen) atoms. The van der Waals surface area contributed by atoms with E-state index in [2.05, 4.69) is 20.5 Å². The number of furan rings is 1. The third-order valence-corrected chi connectivity index (χ3v) is 3.16. The maximum Gasteiger partial charge on any atom is 0.251 e. The SMILES string of the molecule is Cc1cc(-c2nnc(Cn3cc(CCCl)nn3)o2)c(C)o1. The molecular formula is C13H14ClN5O2. The average Bonchev–Trinajstić information content (AvgIpc) is 3.12. The van der Waals surface area contributed by atoms with Crippen molar-refractivity contribution >= 4 is 11.6 Å². The van der Waals surface area contributed by atoms with Crippen molar-refractivity contribution in [3.8, 4) is 11.5 Å². The zero-order chi connectivity index (χ0) is 14.8. The molecule has 0 amide bonds. The second-order valence-corrected chi connectivity index (χ2v) is 5.05. The van der Waals surface area contributed by atoms with Crippen molar-refractivity contribution in [2.24, 2.45) is 0 Å². The third-order valence-electron chi connectivity index (χ3n) is 2.97. The van der Waals surface area contributed by atoms with Crippen LogP contribution in [0.1, 0.15) is 23.1 Å². The summed E-state index contributed by atoms with van der Waals surface area (Å²) in [4.78, 5) is 0. The van der Waals surface area contributed by atoms with Gasteiger partial charge in [-0.1, -0.05) is 5.21 Å².